The maximum absolute atomic E-state index is 15.0. The summed E-state index contributed by atoms with van der Waals surface area (Å²) in [6.07, 6.45) is -2.92. The van der Waals surface area contributed by atoms with E-state index in [4.69, 9.17) is 4.42 Å². The number of para-hydroxylation sites is 1. The van der Waals surface area contributed by atoms with Gasteiger partial charge in [0.05, 0.1) is 6.54 Å². The average molecular weight is 478 g/mol. The molecule has 4 rings (SSSR count). The van der Waals surface area contributed by atoms with Crippen molar-refractivity contribution in [3.8, 4) is 11.5 Å². The number of aromatic nitrogens is 2. The van der Waals surface area contributed by atoms with Crippen LogP contribution in [0.4, 0.5) is 23.7 Å². The number of alkyl halides is 2. The average Bonchev–Trinajstić information content (AvgIpc) is 3.31. The van der Waals surface area contributed by atoms with Gasteiger partial charge >= 0.3 is 12.5 Å². The molecule has 0 N–H and O–H groups in total. The van der Waals surface area contributed by atoms with E-state index in [2.05, 4.69) is 10.2 Å². The van der Waals surface area contributed by atoms with Crippen molar-refractivity contribution in [2.75, 3.05) is 23.7 Å². The predicted molar refractivity (Wildman–Crippen MR) is 117 cm³/mol. The number of nitrogens with zero attached hydrogens (tertiary/aromatic N) is 4. The number of amides is 2. The molecule has 0 radical (unpaired) electrons. The van der Waals surface area contributed by atoms with Gasteiger partial charge in [0, 0.05) is 51.7 Å². The summed E-state index contributed by atoms with van der Waals surface area (Å²) in [5.74, 6) is -1.32. The Bertz CT molecular complexity index is 1160. The number of rotatable bonds is 5. The van der Waals surface area contributed by atoms with Gasteiger partial charge in [-0.25, -0.2) is 9.18 Å². The van der Waals surface area contributed by atoms with Crippen molar-refractivity contribution in [2.24, 2.45) is 0 Å². The number of carbonyl (C=O) groups excluding carboxylic acids is 1. The Labute approximate surface area is 190 Å². The molecule has 7 nitrogen and oxygen atoms in total. The molecule has 2 unspecified atom stereocenters. The molecule has 0 saturated carbocycles. The molecule has 0 spiro atoms. The minimum atomic E-state index is -2.92. The van der Waals surface area contributed by atoms with Gasteiger partial charge in [0.2, 0.25) is 5.89 Å². The largest absolute Gasteiger partial charge is 0.415 e. The molecular formula is C22H21F3N4O3S. The van der Waals surface area contributed by atoms with Crippen LogP contribution < -0.4 is 4.90 Å². The molecular weight excluding hydrogens is 457 g/mol. The number of carbonyl (C=O) groups is 1. The van der Waals surface area contributed by atoms with Gasteiger partial charge in [-0.15, -0.1) is 10.2 Å². The summed E-state index contributed by atoms with van der Waals surface area (Å²) in [4.78, 5) is 16.4. The molecule has 2 heterocycles. The number of anilines is 1. The normalized spacial score (nSPS) is 18.5. The van der Waals surface area contributed by atoms with E-state index in [1.54, 1.807) is 29.2 Å². The third kappa shape index (κ3) is 5.08. The Balaban J connectivity index is 1.59. The van der Waals surface area contributed by atoms with Crippen molar-refractivity contribution in [1.82, 2.24) is 15.1 Å². The maximum atomic E-state index is 15.0. The van der Waals surface area contributed by atoms with Gasteiger partial charge in [0.15, 0.2) is 0 Å². The monoisotopic (exact) mass is 478 g/mol. The van der Waals surface area contributed by atoms with Crippen molar-refractivity contribution < 1.29 is 26.6 Å². The molecule has 1 aliphatic heterocycles. The second-order valence-corrected chi connectivity index (χ2v) is 9.57. The van der Waals surface area contributed by atoms with Crippen LogP contribution in [0.2, 0.25) is 0 Å². The van der Waals surface area contributed by atoms with E-state index in [0.29, 0.717) is 24.5 Å². The fraction of sp³-hybridized carbons (Fsp3) is 0.318. The van der Waals surface area contributed by atoms with Gasteiger partial charge in [0.25, 0.3) is 5.89 Å². The molecule has 11 heteroatoms. The number of hydrogen-bond donors (Lipinski definition) is 0. The van der Waals surface area contributed by atoms with Gasteiger partial charge < -0.3 is 9.32 Å². The minimum absolute atomic E-state index is 0.0605. The van der Waals surface area contributed by atoms with Crippen LogP contribution >= 0.6 is 0 Å². The third-order valence-electron chi connectivity index (χ3n) is 5.31. The number of benzene rings is 2. The summed E-state index contributed by atoms with van der Waals surface area (Å²) in [6, 6.07) is 12.6. The van der Waals surface area contributed by atoms with Crippen LogP contribution in [-0.2, 0) is 17.3 Å². The number of halogens is 3. The maximum Gasteiger partial charge on any atom is 0.324 e. The zero-order chi connectivity index (χ0) is 23.5. The fourth-order valence-electron chi connectivity index (χ4n) is 3.53. The number of urea groups is 1. The second kappa shape index (κ2) is 9.74. The van der Waals surface area contributed by atoms with Gasteiger partial charge in [-0.05, 0) is 31.2 Å². The highest BCUT2D eigenvalue weighted by molar-refractivity contribution is 7.85. The lowest BCUT2D eigenvalue weighted by Crippen LogP contribution is -2.51. The van der Waals surface area contributed by atoms with Crippen molar-refractivity contribution in [3.63, 3.8) is 0 Å². The molecule has 0 bridgehead atoms. The van der Waals surface area contributed by atoms with E-state index in [1.807, 2.05) is 13.0 Å². The van der Waals surface area contributed by atoms with Crippen LogP contribution in [0.25, 0.3) is 11.5 Å². The SMILES string of the molecule is CC1CN(C(=O)N(Cc2ccc(-c3nnc(C(F)F)o3)cc2F)c2ccccc2)CCS1=O. The highest BCUT2D eigenvalue weighted by atomic mass is 32.2. The van der Waals surface area contributed by atoms with E-state index in [1.165, 1.54) is 17.0 Å². The molecule has 2 aromatic carbocycles. The molecule has 0 aliphatic carbocycles. The van der Waals surface area contributed by atoms with E-state index in [-0.39, 0.29) is 34.8 Å². The van der Waals surface area contributed by atoms with Crippen LogP contribution in [0.3, 0.4) is 0 Å². The molecule has 1 fully saturated rings. The quantitative estimate of drug-likeness (QED) is 0.543. The summed E-state index contributed by atoms with van der Waals surface area (Å²) in [5, 5.41) is 6.63. The molecule has 174 valence electrons. The Morgan fingerprint density at radius 1 is 1.24 bits per heavy atom. The highest BCUT2D eigenvalue weighted by Gasteiger charge is 2.30. The van der Waals surface area contributed by atoms with Crippen molar-refractivity contribution in [1.29, 1.82) is 0 Å². The minimum Gasteiger partial charge on any atom is -0.415 e. The molecule has 2 amide bonds. The van der Waals surface area contributed by atoms with E-state index < -0.39 is 28.9 Å². The summed E-state index contributed by atoms with van der Waals surface area (Å²) in [6.45, 7) is 2.47. The second-order valence-electron chi connectivity index (χ2n) is 7.60. The first-order valence-corrected chi connectivity index (χ1v) is 11.6. The molecule has 33 heavy (non-hydrogen) atoms. The standard InChI is InChI=1S/C22H21F3N4O3S/c1-14-12-28(9-10-33(14)31)22(30)29(17-5-3-2-4-6-17)13-16-8-7-15(11-18(16)23)20-26-27-21(32-20)19(24)25/h2-8,11,14,19H,9-10,12-13H2,1H3. The first-order valence-electron chi connectivity index (χ1n) is 10.2. The topological polar surface area (TPSA) is 79.5 Å². The Morgan fingerprint density at radius 3 is 2.64 bits per heavy atom. The van der Waals surface area contributed by atoms with Gasteiger partial charge in [-0.1, -0.05) is 24.3 Å². The van der Waals surface area contributed by atoms with Crippen molar-refractivity contribution in [3.05, 3.63) is 65.8 Å². The van der Waals surface area contributed by atoms with E-state index >= 15 is 0 Å². The lowest BCUT2D eigenvalue weighted by molar-refractivity contribution is 0.116. The Hall–Kier alpha value is -3.21. The summed E-state index contributed by atoms with van der Waals surface area (Å²) < 4.78 is 57.2. The van der Waals surface area contributed by atoms with Gasteiger partial charge in [-0.3, -0.25) is 9.11 Å². The smallest absolute Gasteiger partial charge is 0.324 e. The first kappa shape index (κ1) is 23.0. The van der Waals surface area contributed by atoms with Crippen LogP contribution in [0.5, 0.6) is 0 Å². The summed E-state index contributed by atoms with van der Waals surface area (Å²) in [7, 11) is -0.983. The summed E-state index contributed by atoms with van der Waals surface area (Å²) >= 11 is 0. The van der Waals surface area contributed by atoms with Crippen LogP contribution in [-0.4, -0.2) is 49.4 Å². The van der Waals surface area contributed by atoms with E-state index in [0.717, 1.165) is 6.07 Å². The Morgan fingerprint density at radius 2 is 2.00 bits per heavy atom. The number of hydrogen-bond acceptors (Lipinski definition) is 5. The van der Waals surface area contributed by atoms with Gasteiger partial charge in [0.1, 0.15) is 5.82 Å². The zero-order valence-corrected chi connectivity index (χ0v) is 18.5. The van der Waals surface area contributed by atoms with Crippen LogP contribution in [0.1, 0.15) is 24.8 Å². The summed E-state index contributed by atoms with van der Waals surface area (Å²) in [5.41, 5.74) is 0.961. The molecule has 1 aromatic heterocycles. The lowest BCUT2D eigenvalue weighted by Gasteiger charge is -2.35. The van der Waals surface area contributed by atoms with Crippen LogP contribution in [0, 0.1) is 5.82 Å². The molecule has 1 aliphatic rings. The fourth-order valence-corrected chi connectivity index (χ4v) is 4.68. The van der Waals surface area contributed by atoms with E-state index in [9.17, 15) is 22.2 Å². The van der Waals surface area contributed by atoms with Crippen molar-refractivity contribution >= 4 is 22.5 Å². The highest BCUT2D eigenvalue weighted by Crippen LogP contribution is 2.27. The lowest BCUT2D eigenvalue weighted by atomic mass is 10.1. The molecule has 3 aromatic rings. The molecule has 2 atom stereocenters. The first-order chi connectivity index (χ1) is 15.8. The molecule has 1 saturated heterocycles. The van der Waals surface area contributed by atoms with Crippen molar-refractivity contribution in [2.45, 2.75) is 25.1 Å². The Kier molecular flexibility index (Phi) is 6.77. The van der Waals surface area contributed by atoms with Crippen LogP contribution in [0.15, 0.2) is 52.9 Å². The van der Waals surface area contributed by atoms with Gasteiger partial charge in [-0.2, -0.15) is 8.78 Å². The predicted octanol–water partition coefficient (Wildman–Crippen LogP) is 4.39. The third-order valence-corrected chi connectivity index (χ3v) is 6.95. The zero-order valence-electron chi connectivity index (χ0n) is 17.7.